The molecule has 0 saturated heterocycles. The van der Waals surface area contributed by atoms with Crippen LogP contribution >= 0.6 is 28.3 Å². The zero-order valence-electron chi connectivity index (χ0n) is 7.51. The fraction of sp³-hybridized carbons (Fsp3) is 0.400. The Kier molecular flexibility index (Phi) is 3.38. The van der Waals surface area contributed by atoms with Gasteiger partial charge in [-0.2, -0.15) is 0 Å². The molecule has 0 aliphatic heterocycles. The van der Waals surface area contributed by atoms with E-state index < -0.39 is 0 Å². The van der Waals surface area contributed by atoms with E-state index >= 15 is 0 Å². The second-order valence-corrected chi connectivity index (χ2v) is 4.24. The number of benzene rings is 1. The normalized spacial score (nSPS) is 19.5. The third kappa shape index (κ3) is 1.76. The minimum atomic E-state index is 0. The summed E-state index contributed by atoms with van der Waals surface area (Å²) in [5.74, 6) is 0. The monoisotopic (exact) mass is 261 g/mol. The highest BCUT2D eigenvalue weighted by molar-refractivity contribution is 9.10. The molecule has 0 heterocycles. The van der Waals surface area contributed by atoms with E-state index in [4.69, 9.17) is 5.73 Å². The Bertz CT molecular complexity index is 325. The van der Waals surface area contributed by atoms with Gasteiger partial charge in [-0.05, 0) is 42.5 Å². The molecular formula is C10H13BrClN. The van der Waals surface area contributed by atoms with Crippen LogP contribution in [-0.2, 0) is 6.42 Å². The average molecular weight is 263 g/mol. The summed E-state index contributed by atoms with van der Waals surface area (Å²) < 4.78 is 1.20. The van der Waals surface area contributed by atoms with Crippen LogP contribution in [0.4, 0.5) is 0 Å². The smallest absolute Gasteiger partial charge is 0.0300 e. The molecule has 0 unspecified atom stereocenters. The fourth-order valence-electron chi connectivity index (χ4n) is 1.88. The van der Waals surface area contributed by atoms with Crippen LogP contribution in [0.1, 0.15) is 29.2 Å². The van der Waals surface area contributed by atoms with Crippen molar-refractivity contribution in [2.24, 2.45) is 5.73 Å². The Morgan fingerprint density at radius 2 is 2.15 bits per heavy atom. The van der Waals surface area contributed by atoms with Gasteiger partial charge in [0.25, 0.3) is 0 Å². The van der Waals surface area contributed by atoms with Crippen molar-refractivity contribution >= 4 is 28.3 Å². The summed E-state index contributed by atoms with van der Waals surface area (Å²) in [5.41, 5.74) is 10.1. The first-order valence-corrected chi connectivity index (χ1v) is 5.03. The van der Waals surface area contributed by atoms with Crippen LogP contribution in [0, 0.1) is 6.92 Å². The van der Waals surface area contributed by atoms with Crippen molar-refractivity contribution in [2.75, 3.05) is 0 Å². The van der Waals surface area contributed by atoms with Gasteiger partial charge >= 0.3 is 0 Å². The summed E-state index contributed by atoms with van der Waals surface area (Å²) in [6.07, 6.45) is 2.24. The standard InChI is InChI=1S/C10H12BrN.ClH/c1-6-7-3-5-10(12)8(7)2-4-9(6)11;/h2,4,10H,3,5,12H2,1H3;1H/t10-;/m0./s1. The van der Waals surface area contributed by atoms with Gasteiger partial charge in [0.15, 0.2) is 0 Å². The molecule has 1 nitrogen and oxygen atoms in total. The Labute approximate surface area is 93.2 Å². The van der Waals surface area contributed by atoms with Crippen LogP contribution in [0.25, 0.3) is 0 Å². The molecule has 1 aromatic carbocycles. The first-order chi connectivity index (χ1) is 5.70. The van der Waals surface area contributed by atoms with Crippen LogP contribution in [0.5, 0.6) is 0 Å². The van der Waals surface area contributed by atoms with Crippen molar-refractivity contribution in [1.29, 1.82) is 0 Å². The van der Waals surface area contributed by atoms with E-state index in [2.05, 4.69) is 35.0 Å². The van der Waals surface area contributed by atoms with Gasteiger partial charge in [-0.15, -0.1) is 12.4 Å². The van der Waals surface area contributed by atoms with E-state index in [0.29, 0.717) is 0 Å². The minimum Gasteiger partial charge on any atom is -0.324 e. The molecule has 3 heteroatoms. The Morgan fingerprint density at radius 3 is 2.85 bits per heavy atom. The molecule has 13 heavy (non-hydrogen) atoms. The highest BCUT2D eigenvalue weighted by Crippen LogP contribution is 2.34. The maximum Gasteiger partial charge on any atom is 0.0300 e. The highest BCUT2D eigenvalue weighted by Gasteiger charge is 2.20. The number of rotatable bonds is 0. The van der Waals surface area contributed by atoms with E-state index in [9.17, 15) is 0 Å². The quantitative estimate of drug-likeness (QED) is 0.764. The van der Waals surface area contributed by atoms with Gasteiger partial charge in [-0.25, -0.2) is 0 Å². The lowest BCUT2D eigenvalue weighted by Gasteiger charge is -2.07. The van der Waals surface area contributed by atoms with Crippen molar-refractivity contribution < 1.29 is 0 Å². The van der Waals surface area contributed by atoms with Crippen molar-refractivity contribution in [1.82, 2.24) is 0 Å². The van der Waals surface area contributed by atoms with Gasteiger partial charge in [-0.3, -0.25) is 0 Å². The first-order valence-electron chi connectivity index (χ1n) is 4.23. The second-order valence-electron chi connectivity index (χ2n) is 3.39. The maximum atomic E-state index is 5.95. The second kappa shape index (κ2) is 3.99. The third-order valence-electron chi connectivity index (χ3n) is 2.67. The minimum absolute atomic E-state index is 0. The first kappa shape index (κ1) is 11.0. The van der Waals surface area contributed by atoms with Crippen LogP contribution in [0.2, 0.25) is 0 Å². The zero-order valence-corrected chi connectivity index (χ0v) is 9.91. The molecule has 1 aliphatic rings. The highest BCUT2D eigenvalue weighted by atomic mass is 79.9. The molecule has 2 N–H and O–H groups in total. The van der Waals surface area contributed by atoms with Crippen molar-refractivity contribution in [3.8, 4) is 0 Å². The van der Waals surface area contributed by atoms with Gasteiger partial charge in [-0.1, -0.05) is 22.0 Å². The molecule has 0 saturated carbocycles. The lowest BCUT2D eigenvalue weighted by Crippen LogP contribution is -2.05. The average Bonchev–Trinajstić information content (AvgIpc) is 2.41. The summed E-state index contributed by atoms with van der Waals surface area (Å²) in [6.45, 7) is 2.15. The SMILES string of the molecule is Cc1c(Br)ccc2c1CC[C@@H]2N.Cl. The van der Waals surface area contributed by atoms with Crippen LogP contribution in [0.15, 0.2) is 16.6 Å². The van der Waals surface area contributed by atoms with E-state index in [-0.39, 0.29) is 18.4 Å². The lowest BCUT2D eigenvalue weighted by atomic mass is 10.0. The fourth-order valence-corrected chi connectivity index (χ4v) is 2.26. The lowest BCUT2D eigenvalue weighted by molar-refractivity contribution is 0.713. The Morgan fingerprint density at radius 1 is 1.46 bits per heavy atom. The summed E-state index contributed by atoms with van der Waals surface area (Å²) in [5, 5.41) is 0. The zero-order chi connectivity index (χ0) is 8.72. The Balaban J connectivity index is 0.000000845. The molecule has 1 aliphatic carbocycles. The molecule has 0 radical (unpaired) electrons. The van der Waals surface area contributed by atoms with Crippen LogP contribution in [0.3, 0.4) is 0 Å². The summed E-state index contributed by atoms with van der Waals surface area (Å²) in [6, 6.07) is 4.51. The number of nitrogens with two attached hydrogens (primary N) is 1. The van der Waals surface area contributed by atoms with Crippen molar-refractivity contribution in [3.63, 3.8) is 0 Å². The summed E-state index contributed by atoms with van der Waals surface area (Å²) in [4.78, 5) is 0. The van der Waals surface area contributed by atoms with Crippen LogP contribution < -0.4 is 5.73 Å². The van der Waals surface area contributed by atoms with E-state index in [1.54, 1.807) is 0 Å². The third-order valence-corrected chi connectivity index (χ3v) is 3.53. The number of fused-ring (bicyclic) bond motifs is 1. The van der Waals surface area contributed by atoms with Crippen LogP contribution in [-0.4, -0.2) is 0 Å². The van der Waals surface area contributed by atoms with Gasteiger partial charge in [0.05, 0.1) is 0 Å². The number of hydrogen-bond acceptors (Lipinski definition) is 1. The molecule has 72 valence electrons. The van der Waals surface area contributed by atoms with E-state index in [1.165, 1.54) is 21.2 Å². The van der Waals surface area contributed by atoms with Gasteiger partial charge in [0, 0.05) is 10.5 Å². The van der Waals surface area contributed by atoms with Gasteiger partial charge < -0.3 is 5.73 Å². The molecule has 0 aromatic heterocycles. The molecule has 0 fully saturated rings. The predicted molar refractivity (Wildman–Crippen MR) is 61.4 cm³/mol. The van der Waals surface area contributed by atoms with Gasteiger partial charge in [0.1, 0.15) is 0 Å². The van der Waals surface area contributed by atoms with E-state index in [0.717, 1.165) is 12.8 Å². The van der Waals surface area contributed by atoms with Crippen molar-refractivity contribution in [3.05, 3.63) is 33.3 Å². The van der Waals surface area contributed by atoms with E-state index in [1.807, 2.05) is 0 Å². The van der Waals surface area contributed by atoms with Crippen molar-refractivity contribution in [2.45, 2.75) is 25.8 Å². The molecule has 0 spiro atoms. The molecule has 0 amide bonds. The maximum absolute atomic E-state index is 5.95. The summed E-state index contributed by atoms with van der Waals surface area (Å²) >= 11 is 3.53. The molecule has 2 rings (SSSR count). The summed E-state index contributed by atoms with van der Waals surface area (Å²) in [7, 11) is 0. The topological polar surface area (TPSA) is 26.0 Å². The number of halogens is 2. The Hall–Kier alpha value is -0.0500. The largest absolute Gasteiger partial charge is 0.324 e. The molecule has 1 aromatic rings. The molecule has 1 atom stereocenters. The predicted octanol–water partition coefficient (Wildman–Crippen LogP) is 3.13. The van der Waals surface area contributed by atoms with Gasteiger partial charge in [0.2, 0.25) is 0 Å². The number of hydrogen-bond donors (Lipinski definition) is 1. The molecular weight excluding hydrogens is 249 g/mol. The molecule has 0 bridgehead atoms.